The van der Waals surface area contributed by atoms with E-state index >= 15 is 0 Å². The Morgan fingerprint density at radius 3 is 2.76 bits per heavy atom. The van der Waals surface area contributed by atoms with Crippen molar-refractivity contribution in [1.82, 2.24) is 4.90 Å². The van der Waals surface area contributed by atoms with Gasteiger partial charge >= 0.3 is 0 Å². The summed E-state index contributed by atoms with van der Waals surface area (Å²) in [4.78, 5) is 19.5. The van der Waals surface area contributed by atoms with Crippen LogP contribution in [0.2, 0.25) is 0 Å². The van der Waals surface area contributed by atoms with E-state index in [9.17, 15) is 9.18 Å². The summed E-state index contributed by atoms with van der Waals surface area (Å²) in [7, 11) is 0. The molecule has 1 heterocycles. The lowest BCUT2D eigenvalue weighted by molar-refractivity contribution is -0.133. The Balaban J connectivity index is 1.65. The van der Waals surface area contributed by atoms with Gasteiger partial charge in [0.25, 0.3) is 0 Å². The van der Waals surface area contributed by atoms with Crippen molar-refractivity contribution < 1.29 is 14.0 Å². The number of benzene rings is 2. The highest BCUT2D eigenvalue weighted by molar-refractivity contribution is 6.01. The van der Waals surface area contributed by atoms with Gasteiger partial charge in [-0.05, 0) is 23.3 Å². The van der Waals surface area contributed by atoms with Gasteiger partial charge in [0.05, 0.1) is 12.3 Å². The predicted octanol–water partition coefficient (Wildman–Crippen LogP) is 3.76. The van der Waals surface area contributed by atoms with Gasteiger partial charge in [0.15, 0.2) is 6.10 Å². The van der Waals surface area contributed by atoms with Crippen molar-refractivity contribution in [2.45, 2.75) is 32.4 Å². The van der Waals surface area contributed by atoms with Gasteiger partial charge in [0, 0.05) is 19.4 Å². The average Bonchev–Trinajstić information content (AvgIpc) is 3.10. The summed E-state index contributed by atoms with van der Waals surface area (Å²) in [6.07, 6.45) is 0.869. The highest BCUT2D eigenvalue weighted by atomic mass is 19.1. The lowest BCUT2D eigenvalue weighted by Gasteiger charge is -2.24. The van der Waals surface area contributed by atoms with Gasteiger partial charge in [0.2, 0.25) is 5.91 Å². The van der Waals surface area contributed by atoms with Gasteiger partial charge in [-0.1, -0.05) is 54.5 Å². The van der Waals surface area contributed by atoms with E-state index in [4.69, 9.17) is 4.84 Å². The highest BCUT2D eigenvalue weighted by Crippen LogP contribution is 2.19. The monoisotopic (exact) mass is 340 g/mol. The number of amides is 1. The zero-order valence-electron chi connectivity index (χ0n) is 14.2. The van der Waals surface area contributed by atoms with Crippen LogP contribution in [0.1, 0.15) is 30.9 Å². The zero-order chi connectivity index (χ0) is 17.6. The van der Waals surface area contributed by atoms with Crippen molar-refractivity contribution in [3.8, 4) is 0 Å². The normalized spacial score (nSPS) is 16.2. The van der Waals surface area contributed by atoms with Gasteiger partial charge in [-0.2, -0.15) is 0 Å². The fourth-order valence-electron chi connectivity index (χ4n) is 2.91. The molecule has 0 spiro atoms. The SMILES string of the molecule is CCC(=O)N(Cc1cccc(F)c1)C[C@@H]1CC(c2ccccc2)=NO1. The Bertz CT molecular complexity index is 761. The van der Waals surface area contributed by atoms with Crippen LogP contribution in [0.5, 0.6) is 0 Å². The van der Waals surface area contributed by atoms with Crippen LogP contribution in [0.15, 0.2) is 59.8 Å². The molecule has 3 rings (SSSR count). The molecule has 1 aliphatic heterocycles. The van der Waals surface area contributed by atoms with Crippen LogP contribution in [0, 0.1) is 5.82 Å². The lowest BCUT2D eigenvalue weighted by Crippen LogP contribution is -2.36. The van der Waals surface area contributed by atoms with Gasteiger partial charge in [-0.25, -0.2) is 4.39 Å². The van der Waals surface area contributed by atoms with Crippen LogP contribution >= 0.6 is 0 Å². The summed E-state index contributed by atoms with van der Waals surface area (Å²) >= 11 is 0. The number of oxime groups is 1. The van der Waals surface area contributed by atoms with Crippen molar-refractivity contribution in [2.24, 2.45) is 5.16 Å². The van der Waals surface area contributed by atoms with E-state index in [0.717, 1.165) is 16.8 Å². The topological polar surface area (TPSA) is 41.9 Å². The molecule has 0 N–H and O–H groups in total. The summed E-state index contributed by atoms with van der Waals surface area (Å²) in [5, 5.41) is 4.17. The average molecular weight is 340 g/mol. The zero-order valence-corrected chi connectivity index (χ0v) is 14.2. The van der Waals surface area contributed by atoms with E-state index in [1.165, 1.54) is 12.1 Å². The third-order valence-corrected chi connectivity index (χ3v) is 4.18. The number of carbonyl (C=O) groups excluding carboxylic acids is 1. The first-order valence-electron chi connectivity index (χ1n) is 8.46. The van der Waals surface area contributed by atoms with E-state index in [1.54, 1.807) is 11.0 Å². The molecule has 1 aliphatic rings. The molecule has 5 heteroatoms. The maximum atomic E-state index is 13.4. The molecule has 1 atom stereocenters. The molecule has 25 heavy (non-hydrogen) atoms. The van der Waals surface area contributed by atoms with Crippen LogP contribution in [-0.2, 0) is 16.2 Å². The van der Waals surface area contributed by atoms with E-state index < -0.39 is 0 Å². The molecule has 1 amide bonds. The first-order valence-corrected chi connectivity index (χ1v) is 8.46. The summed E-state index contributed by atoms with van der Waals surface area (Å²) in [5.74, 6) is -0.283. The van der Waals surface area contributed by atoms with E-state index in [1.807, 2.05) is 43.3 Å². The minimum absolute atomic E-state index is 0.0148. The molecule has 0 unspecified atom stereocenters. The van der Waals surface area contributed by atoms with Gasteiger partial charge in [-0.3, -0.25) is 4.79 Å². The summed E-state index contributed by atoms with van der Waals surface area (Å²) < 4.78 is 13.4. The second-order valence-electron chi connectivity index (χ2n) is 6.09. The quantitative estimate of drug-likeness (QED) is 0.803. The minimum atomic E-state index is -0.298. The Morgan fingerprint density at radius 1 is 1.24 bits per heavy atom. The molecule has 0 aliphatic carbocycles. The molecule has 0 fully saturated rings. The molecule has 0 saturated carbocycles. The molecule has 130 valence electrons. The third-order valence-electron chi connectivity index (χ3n) is 4.18. The summed E-state index contributed by atoms with van der Waals surface area (Å²) in [6.45, 7) is 2.62. The molecule has 4 nitrogen and oxygen atoms in total. The minimum Gasteiger partial charge on any atom is -0.390 e. The number of carbonyl (C=O) groups is 1. The first-order chi connectivity index (χ1) is 12.2. The van der Waals surface area contributed by atoms with Crippen LogP contribution < -0.4 is 0 Å². The smallest absolute Gasteiger partial charge is 0.222 e. The highest BCUT2D eigenvalue weighted by Gasteiger charge is 2.26. The van der Waals surface area contributed by atoms with Crippen molar-refractivity contribution in [3.05, 3.63) is 71.5 Å². The Kier molecular flexibility index (Phi) is 5.43. The molecule has 2 aromatic carbocycles. The number of hydrogen-bond acceptors (Lipinski definition) is 3. The van der Waals surface area contributed by atoms with E-state index in [0.29, 0.717) is 25.9 Å². The van der Waals surface area contributed by atoms with Gasteiger partial charge in [0.1, 0.15) is 5.82 Å². The number of nitrogens with zero attached hydrogens (tertiary/aromatic N) is 2. The molecule has 0 radical (unpaired) electrons. The maximum Gasteiger partial charge on any atom is 0.222 e. The first kappa shape index (κ1) is 17.1. The Hall–Kier alpha value is -2.69. The lowest BCUT2D eigenvalue weighted by atomic mass is 10.0. The van der Waals surface area contributed by atoms with Gasteiger partial charge in [-0.15, -0.1) is 0 Å². The molecule has 2 aromatic rings. The van der Waals surface area contributed by atoms with Crippen LogP contribution in [0.25, 0.3) is 0 Å². The molecule has 0 bridgehead atoms. The standard InChI is InChI=1S/C20H21FN2O2/c1-2-20(24)23(13-15-7-6-10-17(21)11-15)14-18-12-19(22-25-18)16-8-4-3-5-9-16/h3-11,18H,2,12-14H2,1H3/t18-/m0/s1. The second-order valence-corrected chi connectivity index (χ2v) is 6.09. The predicted molar refractivity (Wildman–Crippen MR) is 94.6 cm³/mol. The number of halogens is 1. The van der Waals surface area contributed by atoms with Crippen LogP contribution in [-0.4, -0.2) is 29.2 Å². The number of hydrogen-bond donors (Lipinski definition) is 0. The summed E-state index contributed by atoms with van der Waals surface area (Å²) in [5.41, 5.74) is 2.69. The molecule has 0 saturated heterocycles. The van der Waals surface area contributed by atoms with Crippen molar-refractivity contribution in [3.63, 3.8) is 0 Å². The second kappa shape index (κ2) is 7.92. The van der Waals surface area contributed by atoms with Gasteiger partial charge < -0.3 is 9.74 Å². The van der Waals surface area contributed by atoms with Crippen molar-refractivity contribution in [2.75, 3.05) is 6.54 Å². The van der Waals surface area contributed by atoms with Crippen molar-refractivity contribution >= 4 is 11.6 Å². The summed E-state index contributed by atoms with van der Waals surface area (Å²) in [6, 6.07) is 16.2. The fourth-order valence-corrected chi connectivity index (χ4v) is 2.91. The number of rotatable bonds is 6. The molecular formula is C20H21FN2O2. The third kappa shape index (κ3) is 4.44. The largest absolute Gasteiger partial charge is 0.390 e. The molecular weight excluding hydrogens is 319 g/mol. The molecule has 0 aromatic heterocycles. The van der Waals surface area contributed by atoms with E-state index in [-0.39, 0.29) is 17.8 Å². The van der Waals surface area contributed by atoms with Crippen LogP contribution in [0.4, 0.5) is 4.39 Å². The Morgan fingerprint density at radius 2 is 2.04 bits per heavy atom. The Labute approximate surface area is 146 Å². The van der Waals surface area contributed by atoms with E-state index in [2.05, 4.69) is 5.16 Å². The fraction of sp³-hybridized carbons (Fsp3) is 0.300. The van der Waals surface area contributed by atoms with Crippen molar-refractivity contribution in [1.29, 1.82) is 0 Å². The van der Waals surface area contributed by atoms with Crippen LogP contribution in [0.3, 0.4) is 0 Å². The maximum absolute atomic E-state index is 13.4.